The summed E-state index contributed by atoms with van der Waals surface area (Å²) in [5.74, 6) is 0.139. The van der Waals surface area contributed by atoms with Crippen LogP contribution in [0.25, 0.3) is 0 Å². The van der Waals surface area contributed by atoms with Gasteiger partial charge in [0.25, 0.3) is 5.91 Å². The van der Waals surface area contributed by atoms with Gasteiger partial charge in [-0.05, 0) is 41.8 Å². The van der Waals surface area contributed by atoms with Crippen LogP contribution < -0.4 is 14.8 Å². The molecule has 0 spiro atoms. The number of hydrogen-bond acceptors (Lipinski definition) is 4. The lowest BCUT2D eigenvalue weighted by Crippen LogP contribution is -2.33. The van der Waals surface area contributed by atoms with Crippen LogP contribution in [0.3, 0.4) is 0 Å². The van der Waals surface area contributed by atoms with Gasteiger partial charge >= 0.3 is 0 Å². The zero-order valence-corrected chi connectivity index (χ0v) is 18.1. The quantitative estimate of drug-likeness (QED) is 0.506. The molecule has 0 atom stereocenters. The van der Waals surface area contributed by atoms with E-state index in [-0.39, 0.29) is 23.5 Å². The Morgan fingerprint density at radius 1 is 0.871 bits per heavy atom. The van der Waals surface area contributed by atoms with Crippen molar-refractivity contribution in [1.29, 1.82) is 0 Å². The van der Waals surface area contributed by atoms with E-state index in [2.05, 4.69) is 10.0 Å². The van der Waals surface area contributed by atoms with Crippen LogP contribution in [0.5, 0.6) is 5.75 Å². The molecule has 0 fully saturated rings. The summed E-state index contributed by atoms with van der Waals surface area (Å²) in [5.41, 5.74) is 1.94. The topological polar surface area (TPSA) is 84.5 Å². The number of carbonyl (C=O) groups excluding carboxylic acids is 1. The maximum Gasteiger partial charge on any atom is 0.258 e. The molecular formula is C24H26N2O4S. The lowest BCUT2D eigenvalue weighted by molar-refractivity contribution is -0.123. The van der Waals surface area contributed by atoms with E-state index >= 15 is 0 Å². The highest BCUT2D eigenvalue weighted by atomic mass is 32.2. The molecule has 0 saturated heterocycles. The van der Waals surface area contributed by atoms with E-state index in [1.54, 1.807) is 12.1 Å². The number of hydrogen-bond donors (Lipinski definition) is 2. The van der Waals surface area contributed by atoms with Crippen LogP contribution in [0.2, 0.25) is 0 Å². The van der Waals surface area contributed by atoms with Crippen molar-refractivity contribution in [3.8, 4) is 5.75 Å². The largest absolute Gasteiger partial charge is 0.484 e. The predicted octanol–water partition coefficient (Wildman–Crippen LogP) is 3.66. The van der Waals surface area contributed by atoms with Crippen molar-refractivity contribution >= 4 is 15.9 Å². The van der Waals surface area contributed by atoms with Crippen LogP contribution in [0.4, 0.5) is 0 Å². The second-order valence-corrected chi connectivity index (χ2v) is 8.75. The van der Waals surface area contributed by atoms with Crippen molar-refractivity contribution in [2.45, 2.75) is 24.3 Å². The van der Waals surface area contributed by atoms with E-state index in [0.717, 1.165) is 11.1 Å². The first-order valence-corrected chi connectivity index (χ1v) is 11.6. The molecule has 0 unspecified atom stereocenters. The van der Waals surface area contributed by atoms with Crippen molar-refractivity contribution in [2.75, 3.05) is 13.2 Å². The summed E-state index contributed by atoms with van der Waals surface area (Å²) < 4.78 is 32.4. The number of amides is 1. The molecular weight excluding hydrogens is 412 g/mol. The van der Waals surface area contributed by atoms with Crippen LogP contribution in [0, 0.1) is 0 Å². The summed E-state index contributed by atoms with van der Waals surface area (Å²) in [6, 6.07) is 25.1. The minimum atomic E-state index is -3.53. The molecule has 1 amide bonds. The molecule has 2 N–H and O–H groups in total. The smallest absolute Gasteiger partial charge is 0.258 e. The minimum absolute atomic E-state index is 0.158. The Morgan fingerprint density at radius 2 is 1.42 bits per heavy atom. The summed E-state index contributed by atoms with van der Waals surface area (Å²) in [5, 5.41) is 3.01. The molecule has 0 radical (unpaired) electrons. The standard InChI is InChI=1S/C24H26N2O4S/c1-2-17-25-31(28,29)22-15-13-21(14-16-22)30-18-23(27)26-24(19-9-5-3-6-10-19)20-11-7-4-8-12-20/h3-16,24-25H,2,17-18H2,1H3,(H,26,27). The van der Waals surface area contributed by atoms with Gasteiger partial charge in [0.1, 0.15) is 5.75 Å². The first-order valence-electron chi connectivity index (χ1n) is 10.1. The van der Waals surface area contributed by atoms with Gasteiger partial charge in [0.05, 0.1) is 10.9 Å². The maximum absolute atomic E-state index is 12.6. The van der Waals surface area contributed by atoms with E-state index in [0.29, 0.717) is 18.7 Å². The lowest BCUT2D eigenvalue weighted by atomic mass is 9.99. The van der Waals surface area contributed by atoms with Crippen molar-refractivity contribution in [1.82, 2.24) is 10.0 Å². The van der Waals surface area contributed by atoms with E-state index in [1.165, 1.54) is 12.1 Å². The van der Waals surface area contributed by atoms with E-state index in [1.807, 2.05) is 67.6 Å². The molecule has 3 aromatic rings. The van der Waals surface area contributed by atoms with Crippen molar-refractivity contribution < 1.29 is 17.9 Å². The van der Waals surface area contributed by atoms with E-state index in [9.17, 15) is 13.2 Å². The molecule has 0 bridgehead atoms. The summed E-state index contributed by atoms with van der Waals surface area (Å²) in [4.78, 5) is 12.7. The Morgan fingerprint density at radius 3 is 1.94 bits per heavy atom. The van der Waals surface area contributed by atoms with Gasteiger partial charge < -0.3 is 10.1 Å². The Bertz CT molecular complexity index is 1030. The highest BCUT2D eigenvalue weighted by Gasteiger charge is 2.17. The summed E-state index contributed by atoms with van der Waals surface area (Å²) in [6.45, 7) is 2.09. The Hall–Kier alpha value is -3.16. The number of ether oxygens (including phenoxy) is 1. The molecule has 31 heavy (non-hydrogen) atoms. The van der Waals surface area contributed by atoms with Crippen LogP contribution in [0.15, 0.2) is 89.8 Å². The molecule has 3 aromatic carbocycles. The lowest BCUT2D eigenvalue weighted by Gasteiger charge is -2.20. The monoisotopic (exact) mass is 438 g/mol. The maximum atomic E-state index is 12.6. The van der Waals surface area contributed by atoms with Crippen LogP contribution in [0.1, 0.15) is 30.5 Å². The van der Waals surface area contributed by atoms with Gasteiger partial charge in [-0.3, -0.25) is 4.79 Å². The zero-order valence-electron chi connectivity index (χ0n) is 17.3. The molecule has 0 aromatic heterocycles. The number of carbonyl (C=O) groups is 1. The Kier molecular flexibility index (Phi) is 7.81. The second-order valence-electron chi connectivity index (χ2n) is 6.98. The molecule has 0 heterocycles. The normalized spacial score (nSPS) is 11.3. The molecule has 3 rings (SSSR count). The van der Waals surface area contributed by atoms with Gasteiger partial charge in [0.15, 0.2) is 6.61 Å². The van der Waals surface area contributed by atoms with Gasteiger partial charge in [0, 0.05) is 6.54 Å². The van der Waals surface area contributed by atoms with Gasteiger partial charge in [-0.25, -0.2) is 13.1 Å². The van der Waals surface area contributed by atoms with Gasteiger partial charge in [-0.2, -0.15) is 0 Å². The molecule has 162 valence electrons. The predicted molar refractivity (Wildman–Crippen MR) is 120 cm³/mol. The molecule has 0 aliphatic rings. The van der Waals surface area contributed by atoms with Gasteiger partial charge in [-0.1, -0.05) is 67.6 Å². The Labute approximate surface area is 183 Å². The third kappa shape index (κ3) is 6.41. The third-order valence-corrected chi connectivity index (χ3v) is 6.09. The molecule has 0 aliphatic heterocycles. The van der Waals surface area contributed by atoms with Crippen LogP contribution in [-0.2, 0) is 14.8 Å². The number of rotatable bonds is 10. The highest BCUT2D eigenvalue weighted by Crippen LogP contribution is 2.22. The number of nitrogens with one attached hydrogen (secondary N) is 2. The minimum Gasteiger partial charge on any atom is -0.484 e. The molecule has 0 saturated carbocycles. The van der Waals surface area contributed by atoms with Crippen molar-refractivity contribution in [2.24, 2.45) is 0 Å². The molecule has 6 nitrogen and oxygen atoms in total. The van der Waals surface area contributed by atoms with E-state index < -0.39 is 10.0 Å². The van der Waals surface area contributed by atoms with Gasteiger partial charge in [0.2, 0.25) is 10.0 Å². The summed E-state index contributed by atoms with van der Waals surface area (Å²) >= 11 is 0. The van der Waals surface area contributed by atoms with Crippen molar-refractivity contribution in [3.63, 3.8) is 0 Å². The first-order chi connectivity index (χ1) is 15.0. The van der Waals surface area contributed by atoms with Crippen LogP contribution in [-0.4, -0.2) is 27.5 Å². The second kappa shape index (κ2) is 10.7. The zero-order chi connectivity index (χ0) is 22.1. The van der Waals surface area contributed by atoms with Crippen LogP contribution >= 0.6 is 0 Å². The number of sulfonamides is 1. The third-order valence-electron chi connectivity index (χ3n) is 4.62. The summed E-state index contributed by atoms with van der Waals surface area (Å²) in [7, 11) is -3.53. The average molecular weight is 439 g/mol. The fraction of sp³-hybridized carbons (Fsp3) is 0.208. The average Bonchev–Trinajstić information content (AvgIpc) is 2.81. The first kappa shape index (κ1) is 22.5. The summed E-state index contributed by atoms with van der Waals surface area (Å²) in [6.07, 6.45) is 0.711. The SMILES string of the molecule is CCCNS(=O)(=O)c1ccc(OCC(=O)NC(c2ccccc2)c2ccccc2)cc1. The fourth-order valence-corrected chi connectivity index (χ4v) is 4.17. The number of benzene rings is 3. The molecule has 7 heteroatoms. The fourth-order valence-electron chi connectivity index (χ4n) is 3.04. The molecule has 0 aliphatic carbocycles. The van der Waals surface area contributed by atoms with Gasteiger partial charge in [-0.15, -0.1) is 0 Å². The van der Waals surface area contributed by atoms with Crippen molar-refractivity contribution in [3.05, 3.63) is 96.1 Å². The highest BCUT2D eigenvalue weighted by molar-refractivity contribution is 7.89. The Balaban J connectivity index is 1.63. The van der Waals surface area contributed by atoms with E-state index in [4.69, 9.17) is 4.74 Å².